The zero-order valence-corrected chi connectivity index (χ0v) is 5.21. The summed E-state index contributed by atoms with van der Waals surface area (Å²) in [5.74, 6) is 0.880. The molecular weight excluding hydrogens is 109 g/mol. The van der Waals surface area contributed by atoms with E-state index in [2.05, 4.69) is 14.2 Å². The van der Waals surface area contributed by atoms with Crippen LogP contribution in [0.5, 0.6) is 0 Å². The normalized spacial score (nSPS) is 18.7. The van der Waals surface area contributed by atoms with Crippen molar-refractivity contribution in [1.82, 2.24) is 0 Å². The van der Waals surface area contributed by atoms with Crippen molar-refractivity contribution in [3.05, 3.63) is 0 Å². The fraction of sp³-hybridized carbons (Fsp3) is 0.750. The first-order valence-electron chi connectivity index (χ1n) is 2.29. The molecule has 0 bridgehead atoms. The first kappa shape index (κ1) is 5.04. The molecule has 0 aromatic carbocycles. The van der Waals surface area contributed by atoms with Crippen molar-refractivity contribution >= 4 is 15.1 Å². The van der Waals surface area contributed by atoms with Gasteiger partial charge in [0.2, 0.25) is 0 Å². The summed E-state index contributed by atoms with van der Waals surface area (Å²) < 4.78 is 5.03. The molecule has 1 aliphatic rings. The number of hydrogen-bond acceptors (Lipinski definition) is 2. The molecule has 1 heterocycles. The van der Waals surface area contributed by atoms with Crippen LogP contribution in [0.3, 0.4) is 0 Å². The van der Waals surface area contributed by atoms with Crippen molar-refractivity contribution in [1.29, 1.82) is 0 Å². The Labute approximate surface area is 45.2 Å². The molecule has 1 unspecified atom stereocenters. The van der Waals surface area contributed by atoms with Crippen LogP contribution >= 0.6 is 9.24 Å². The Hall–Kier alpha value is -0.100. The van der Waals surface area contributed by atoms with Crippen molar-refractivity contribution in [2.75, 3.05) is 19.3 Å². The van der Waals surface area contributed by atoms with E-state index in [1.54, 1.807) is 0 Å². The van der Waals surface area contributed by atoms with Gasteiger partial charge in [-0.15, -0.1) is 9.24 Å². The highest BCUT2D eigenvalue weighted by molar-refractivity contribution is 7.18. The van der Waals surface area contributed by atoms with Gasteiger partial charge in [0.05, 0.1) is 6.54 Å². The van der Waals surface area contributed by atoms with Crippen LogP contribution in [0, 0.1) is 0 Å². The van der Waals surface area contributed by atoms with Gasteiger partial charge in [0.15, 0.2) is 5.90 Å². The van der Waals surface area contributed by atoms with Gasteiger partial charge in [0.25, 0.3) is 0 Å². The average Bonchev–Trinajstić information content (AvgIpc) is 2.14. The molecule has 0 radical (unpaired) electrons. The summed E-state index contributed by atoms with van der Waals surface area (Å²) >= 11 is 0. The summed E-state index contributed by atoms with van der Waals surface area (Å²) in [5, 5.41) is 0. The fourth-order valence-corrected chi connectivity index (χ4v) is 0.750. The smallest absolute Gasteiger partial charge is 0.187 e. The van der Waals surface area contributed by atoms with Gasteiger partial charge in [-0.3, -0.25) is 4.99 Å². The van der Waals surface area contributed by atoms with Crippen LogP contribution in [0.1, 0.15) is 0 Å². The van der Waals surface area contributed by atoms with Crippen LogP contribution < -0.4 is 0 Å². The quantitative estimate of drug-likeness (QED) is 0.452. The number of hydrogen-bond donors (Lipinski definition) is 0. The van der Waals surface area contributed by atoms with Crippen LogP contribution in [0.15, 0.2) is 4.99 Å². The minimum absolute atomic E-state index is 0.781. The molecule has 0 aliphatic carbocycles. The standard InChI is InChI=1S/C4H8NOP/c7-3-4-5-1-2-6-4/h1-3,7H2. The Morgan fingerprint density at radius 3 is 3.00 bits per heavy atom. The van der Waals surface area contributed by atoms with E-state index < -0.39 is 0 Å². The third-order valence-electron chi connectivity index (χ3n) is 0.823. The molecule has 1 aliphatic heterocycles. The van der Waals surface area contributed by atoms with E-state index in [-0.39, 0.29) is 0 Å². The second kappa shape index (κ2) is 2.27. The fourth-order valence-electron chi connectivity index (χ4n) is 0.503. The van der Waals surface area contributed by atoms with E-state index in [4.69, 9.17) is 4.74 Å². The maximum Gasteiger partial charge on any atom is 0.187 e. The molecule has 0 fully saturated rings. The van der Waals surface area contributed by atoms with Crippen LogP contribution in [0.2, 0.25) is 0 Å². The summed E-state index contributed by atoms with van der Waals surface area (Å²) in [4.78, 5) is 4.03. The molecule has 0 aromatic rings. The Balaban J connectivity index is 2.36. The molecule has 1 atom stereocenters. The second-order valence-electron chi connectivity index (χ2n) is 1.33. The summed E-state index contributed by atoms with van der Waals surface area (Å²) in [6.45, 7) is 1.63. The highest BCUT2D eigenvalue weighted by atomic mass is 31.0. The third-order valence-corrected chi connectivity index (χ3v) is 1.17. The highest BCUT2D eigenvalue weighted by Crippen LogP contribution is 1.95. The topological polar surface area (TPSA) is 21.6 Å². The number of rotatable bonds is 1. The molecule has 3 heteroatoms. The number of aliphatic imine (C=N–C) groups is 1. The van der Waals surface area contributed by atoms with Crippen LogP contribution in [-0.4, -0.2) is 25.2 Å². The van der Waals surface area contributed by atoms with E-state index >= 15 is 0 Å². The lowest BCUT2D eigenvalue weighted by Gasteiger charge is -1.91. The number of nitrogens with zero attached hydrogens (tertiary/aromatic N) is 1. The molecule has 0 saturated heterocycles. The predicted molar refractivity (Wildman–Crippen MR) is 32.8 cm³/mol. The second-order valence-corrected chi connectivity index (χ2v) is 1.74. The Bertz CT molecular complexity index is 91.7. The van der Waals surface area contributed by atoms with E-state index in [0.717, 1.165) is 25.2 Å². The molecule has 2 nitrogen and oxygen atoms in total. The molecule has 1 rings (SSSR count). The van der Waals surface area contributed by atoms with E-state index in [1.165, 1.54) is 0 Å². The first-order valence-corrected chi connectivity index (χ1v) is 3.11. The van der Waals surface area contributed by atoms with Crippen molar-refractivity contribution in [3.8, 4) is 0 Å². The molecule has 0 aromatic heterocycles. The third kappa shape index (κ3) is 1.13. The highest BCUT2D eigenvalue weighted by Gasteiger charge is 2.01. The molecule has 0 N–H and O–H groups in total. The van der Waals surface area contributed by atoms with Crippen molar-refractivity contribution < 1.29 is 4.74 Å². The van der Waals surface area contributed by atoms with Crippen LogP contribution in [-0.2, 0) is 4.74 Å². The zero-order valence-electron chi connectivity index (χ0n) is 4.05. The van der Waals surface area contributed by atoms with Crippen molar-refractivity contribution in [3.63, 3.8) is 0 Å². The lowest BCUT2D eigenvalue weighted by atomic mass is 10.7. The SMILES string of the molecule is PCC1=NCCO1. The molecule has 0 spiro atoms. The van der Waals surface area contributed by atoms with Crippen LogP contribution in [0.4, 0.5) is 0 Å². The lowest BCUT2D eigenvalue weighted by Crippen LogP contribution is -1.97. The largest absolute Gasteiger partial charge is 0.479 e. The van der Waals surface area contributed by atoms with Gasteiger partial charge in [-0.05, 0) is 0 Å². The van der Waals surface area contributed by atoms with Gasteiger partial charge < -0.3 is 4.74 Å². The number of ether oxygens (including phenoxy) is 1. The zero-order chi connectivity index (χ0) is 5.11. The van der Waals surface area contributed by atoms with Crippen molar-refractivity contribution in [2.24, 2.45) is 4.99 Å². The van der Waals surface area contributed by atoms with Crippen molar-refractivity contribution in [2.45, 2.75) is 0 Å². The van der Waals surface area contributed by atoms with E-state index in [9.17, 15) is 0 Å². The summed E-state index contributed by atoms with van der Waals surface area (Å²) in [7, 11) is 2.57. The summed E-state index contributed by atoms with van der Waals surface area (Å²) in [6.07, 6.45) is 0.861. The van der Waals surface area contributed by atoms with Gasteiger partial charge >= 0.3 is 0 Å². The molecular formula is C4H8NOP. The minimum atomic E-state index is 0.781. The maximum atomic E-state index is 5.03. The average molecular weight is 117 g/mol. The Morgan fingerprint density at radius 2 is 2.71 bits per heavy atom. The maximum absolute atomic E-state index is 5.03. The predicted octanol–water partition coefficient (Wildman–Crippen LogP) is 0.290. The first-order chi connectivity index (χ1) is 3.43. The van der Waals surface area contributed by atoms with Crippen LogP contribution in [0.25, 0.3) is 0 Å². The Kier molecular flexibility index (Phi) is 1.64. The van der Waals surface area contributed by atoms with Gasteiger partial charge in [0, 0.05) is 6.16 Å². The molecule has 40 valence electrons. The van der Waals surface area contributed by atoms with E-state index in [1.807, 2.05) is 0 Å². The molecule has 0 amide bonds. The monoisotopic (exact) mass is 117 g/mol. The minimum Gasteiger partial charge on any atom is -0.479 e. The van der Waals surface area contributed by atoms with Gasteiger partial charge in [-0.2, -0.15) is 0 Å². The lowest BCUT2D eigenvalue weighted by molar-refractivity contribution is 0.345. The van der Waals surface area contributed by atoms with Gasteiger partial charge in [0.1, 0.15) is 6.61 Å². The molecule has 7 heavy (non-hydrogen) atoms. The van der Waals surface area contributed by atoms with Gasteiger partial charge in [-0.1, -0.05) is 0 Å². The van der Waals surface area contributed by atoms with Gasteiger partial charge in [-0.25, -0.2) is 0 Å². The summed E-state index contributed by atoms with van der Waals surface area (Å²) in [5.41, 5.74) is 0. The van der Waals surface area contributed by atoms with E-state index in [0.29, 0.717) is 0 Å². The molecule has 0 saturated carbocycles. The Morgan fingerprint density at radius 1 is 1.86 bits per heavy atom. The summed E-state index contributed by atoms with van der Waals surface area (Å²) in [6, 6.07) is 0.